The molecule has 1 spiro atoms. The van der Waals surface area contributed by atoms with Crippen LogP contribution in [0.2, 0.25) is 0 Å². The Bertz CT molecular complexity index is 948. The number of methoxy groups -OCH3 is 1. The third-order valence-electron chi connectivity index (χ3n) is 5.91. The molecule has 0 saturated carbocycles. The zero-order valence-electron chi connectivity index (χ0n) is 18.3. The Balaban J connectivity index is 1.26. The minimum absolute atomic E-state index is 0.332. The summed E-state index contributed by atoms with van der Waals surface area (Å²) in [5, 5.41) is 8.82. The van der Waals surface area contributed by atoms with Gasteiger partial charge in [-0.2, -0.15) is 0 Å². The number of piperidine rings is 1. The minimum Gasteiger partial charge on any atom is -0.497 e. The number of ether oxygens (including phenoxy) is 1. The molecule has 0 aliphatic carbocycles. The van der Waals surface area contributed by atoms with Crippen LogP contribution in [-0.2, 0) is 9.68 Å². The minimum atomic E-state index is -0.478. The van der Waals surface area contributed by atoms with Crippen molar-refractivity contribution in [2.24, 2.45) is 5.16 Å². The van der Waals surface area contributed by atoms with E-state index in [1.807, 2.05) is 48.5 Å². The summed E-state index contributed by atoms with van der Waals surface area (Å²) in [5.74, 6) is 1.25. The van der Waals surface area contributed by atoms with Crippen LogP contribution in [0.3, 0.4) is 0 Å². The predicted octanol–water partition coefficient (Wildman–Crippen LogP) is 4.94. The lowest BCUT2D eigenvalue weighted by Gasteiger charge is -2.35. The number of hydrogen-bond acceptors (Lipinski definition) is 6. The average molecular weight is 424 g/mol. The van der Waals surface area contributed by atoms with Crippen molar-refractivity contribution >= 4 is 17.5 Å². The zero-order valence-corrected chi connectivity index (χ0v) is 18.3. The molecule has 2 aliphatic heterocycles. The fourth-order valence-corrected chi connectivity index (χ4v) is 3.94. The van der Waals surface area contributed by atoms with Crippen LogP contribution < -0.4 is 10.1 Å². The lowest BCUT2D eigenvalue weighted by Crippen LogP contribution is -2.45. The largest absolute Gasteiger partial charge is 0.497 e. The van der Waals surface area contributed by atoms with Gasteiger partial charge in [-0.05, 0) is 35.7 Å². The van der Waals surface area contributed by atoms with Crippen LogP contribution in [-0.4, -0.2) is 42.7 Å². The van der Waals surface area contributed by atoms with Crippen molar-refractivity contribution in [1.29, 1.82) is 0 Å². The SMILES string of the molecule is COc1cccc(C2=NOC3(CCN(OC(=O)Nc4ccc(C(C)C)cc4)CC3)C2)c1. The maximum absolute atomic E-state index is 12.3. The van der Waals surface area contributed by atoms with E-state index in [4.69, 9.17) is 14.4 Å². The number of hydroxylamine groups is 2. The molecule has 2 aliphatic rings. The molecule has 7 heteroatoms. The second-order valence-corrected chi connectivity index (χ2v) is 8.43. The standard InChI is InChI=1S/C24H29N3O4/c1-17(2)18-7-9-20(10-8-18)25-23(28)30-27-13-11-24(12-14-27)16-22(26-31-24)19-5-4-6-21(15-19)29-3/h4-10,15,17H,11-14,16H2,1-3H3,(H,25,28). The number of nitrogens with zero attached hydrogens (tertiary/aromatic N) is 2. The Labute approximate surface area is 182 Å². The molecular formula is C24H29N3O4. The zero-order chi connectivity index (χ0) is 21.8. The van der Waals surface area contributed by atoms with Gasteiger partial charge in [-0.25, -0.2) is 4.79 Å². The van der Waals surface area contributed by atoms with E-state index in [9.17, 15) is 4.79 Å². The number of rotatable bonds is 5. The molecule has 0 unspecified atom stereocenters. The molecule has 0 radical (unpaired) electrons. The molecule has 31 heavy (non-hydrogen) atoms. The predicted molar refractivity (Wildman–Crippen MR) is 119 cm³/mol. The monoisotopic (exact) mass is 423 g/mol. The molecule has 4 rings (SSSR count). The molecule has 1 N–H and O–H groups in total. The van der Waals surface area contributed by atoms with Gasteiger partial charge in [0.1, 0.15) is 11.4 Å². The molecule has 2 aromatic rings. The Kier molecular flexibility index (Phi) is 6.13. The molecule has 1 amide bonds. The topological polar surface area (TPSA) is 72.4 Å². The lowest BCUT2D eigenvalue weighted by molar-refractivity contribution is -0.154. The Morgan fingerprint density at radius 1 is 1.16 bits per heavy atom. The summed E-state index contributed by atoms with van der Waals surface area (Å²) in [6.45, 7) is 5.47. The number of benzene rings is 2. The van der Waals surface area contributed by atoms with Crippen molar-refractivity contribution < 1.29 is 19.2 Å². The Hall–Kier alpha value is -3.06. The molecule has 1 fully saturated rings. The molecule has 2 heterocycles. The van der Waals surface area contributed by atoms with Gasteiger partial charge in [0.25, 0.3) is 0 Å². The van der Waals surface area contributed by atoms with Crippen LogP contribution in [0.25, 0.3) is 0 Å². The van der Waals surface area contributed by atoms with Crippen molar-refractivity contribution in [1.82, 2.24) is 5.06 Å². The highest BCUT2D eigenvalue weighted by molar-refractivity contribution is 6.02. The fraction of sp³-hybridized carbons (Fsp3) is 0.417. The Morgan fingerprint density at radius 2 is 1.90 bits per heavy atom. The van der Waals surface area contributed by atoms with Gasteiger partial charge in [0.2, 0.25) is 0 Å². The smallest absolute Gasteiger partial charge is 0.430 e. The van der Waals surface area contributed by atoms with E-state index in [0.29, 0.717) is 19.0 Å². The average Bonchev–Trinajstić information content (AvgIpc) is 3.19. The molecule has 1 saturated heterocycles. The number of oxime groups is 1. The molecule has 0 aromatic heterocycles. The molecular weight excluding hydrogens is 394 g/mol. The van der Waals surface area contributed by atoms with Crippen LogP contribution in [0.1, 0.15) is 50.2 Å². The summed E-state index contributed by atoms with van der Waals surface area (Å²) in [5.41, 5.74) is 3.56. The van der Waals surface area contributed by atoms with E-state index in [2.05, 4.69) is 24.3 Å². The van der Waals surface area contributed by atoms with Gasteiger partial charge < -0.3 is 14.4 Å². The summed E-state index contributed by atoms with van der Waals surface area (Å²) in [6, 6.07) is 15.7. The van der Waals surface area contributed by atoms with Crippen LogP contribution >= 0.6 is 0 Å². The summed E-state index contributed by atoms with van der Waals surface area (Å²) >= 11 is 0. The lowest BCUT2D eigenvalue weighted by atomic mass is 9.86. The molecule has 0 bridgehead atoms. The van der Waals surface area contributed by atoms with Crippen LogP contribution in [0.4, 0.5) is 10.5 Å². The van der Waals surface area contributed by atoms with Crippen molar-refractivity contribution in [3.8, 4) is 5.75 Å². The maximum atomic E-state index is 12.3. The van der Waals surface area contributed by atoms with E-state index >= 15 is 0 Å². The number of anilines is 1. The third-order valence-corrected chi connectivity index (χ3v) is 5.91. The number of carbonyl (C=O) groups excluding carboxylic acids is 1. The van der Waals surface area contributed by atoms with E-state index in [-0.39, 0.29) is 5.60 Å². The maximum Gasteiger partial charge on any atom is 0.430 e. The van der Waals surface area contributed by atoms with Gasteiger partial charge in [-0.1, -0.05) is 43.3 Å². The van der Waals surface area contributed by atoms with Crippen molar-refractivity contribution in [2.45, 2.75) is 44.6 Å². The third kappa shape index (κ3) is 4.99. The highest BCUT2D eigenvalue weighted by Gasteiger charge is 2.43. The molecule has 164 valence electrons. The molecule has 2 aromatic carbocycles. The van der Waals surface area contributed by atoms with E-state index in [1.165, 1.54) is 5.56 Å². The van der Waals surface area contributed by atoms with Crippen molar-refractivity contribution in [3.63, 3.8) is 0 Å². The van der Waals surface area contributed by atoms with E-state index in [0.717, 1.165) is 42.0 Å². The normalized spacial score (nSPS) is 17.9. The number of hydrogen-bond donors (Lipinski definition) is 1. The highest BCUT2D eigenvalue weighted by atomic mass is 16.7. The number of carbonyl (C=O) groups is 1. The van der Waals surface area contributed by atoms with Gasteiger partial charge in [-0.3, -0.25) is 5.32 Å². The van der Waals surface area contributed by atoms with Crippen LogP contribution in [0.15, 0.2) is 53.7 Å². The van der Waals surface area contributed by atoms with Crippen LogP contribution in [0, 0.1) is 0 Å². The van der Waals surface area contributed by atoms with Gasteiger partial charge in [-0.15, -0.1) is 5.06 Å². The van der Waals surface area contributed by atoms with Gasteiger partial charge in [0.15, 0.2) is 0 Å². The second-order valence-electron chi connectivity index (χ2n) is 8.43. The summed E-state index contributed by atoms with van der Waals surface area (Å²) in [6.07, 6.45) is 1.73. The van der Waals surface area contributed by atoms with Gasteiger partial charge in [0.05, 0.1) is 12.8 Å². The van der Waals surface area contributed by atoms with Gasteiger partial charge in [0, 0.05) is 43.6 Å². The summed E-state index contributed by atoms with van der Waals surface area (Å²) < 4.78 is 5.30. The fourth-order valence-electron chi connectivity index (χ4n) is 3.94. The molecule has 7 nitrogen and oxygen atoms in total. The van der Waals surface area contributed by atoms with Crippen molar-refractivity contribution in [3.05, 3.63) is 59.7 Å². The Morgan fingerprint density at radius 3 is 2.58 bits per heavy atom. The highest BCUT2D eigenvalue weighted by Crippen LogP contribution is 2.36. The first kappa shape index (κ1) is 21.2. The number of amides is 1. The first-order chi connectivity index (χ1) is 15.0. The van der Waals surface area contributed by atoms with Crippen LogP contribution in [0.5, 0.6) is 5.75 Å². The number of nitrogens with one attached hydrogen (secondary N) is 1. The van der Waals surface area contributed by atoms with E-state index in [1.54, 1.807) is 12.2 Å². The summed E-state index contributed by atoms with van der Waals surface area (Å²) in [4.78, 5) is 23.6. The first-order valence-electron chi connectivity index (χ1n) is 10.7. The van der Waals surface area contributed by atoms with E-state index < -0.39 is 6.09 Å². The molecule has 0 atom stereocenters. The quantitative estimate of drug-likeness (QED) is 0.737. The first-order valence-corrected chi connectivity index (χ1v) is 10.7. The summed E-state index contributed by atoms with van der Waals surface area (Å²) in [7, 11) is 1.65. The second kappa shape index (κ2) is 8.98. The van der Waals surface area contributed by atoms with Gasteiger partial charge >= 0.3 is 6.09 Å². The van der Waals surface area contributed by atoms with Crippen molar-refractivity contribution in [2.75, 3.05) is 25.5 Å².